The fraction of sp³-hybridized carbons (Fsp3) is 0.407. The molecule has 0 spiro atoms. The van der Waals surface area contributed by atoms with Gasteiger partial charge in [0.05, 0.1) is 18.0 Å². The van der Waals surface area contributed by atoms with Crippen LogP contribution in [0.5, 0.6) is 0 Å². The number of piperazine rings is 1. The molecule has 2 aliphatic rings. The Morgan fingerprint density at radius 2 is 1.64 bits per heavy atom. The molecule has 6 heteroatoms. The molecule has 1 fully saturated rings. The van der Waals surface area contributed by atoms with Crippen molar-refractivity contribution >= 4 is 5.95 Å². The van der Waals surface area contributed by atoms with Gasteiger partial charge in [0, 0.05) is 63.1 Å². The van der Waals surface area contributed by atoms with Crippen LogP contribution >= 0.6 is 0 Å². The van der Waals surface area contributed by atoms with Crippen LogP contribution in [0.3, 0.4) is 0 Å². The Labute approximate surface area is 196 Å². The Kier molecular flexibility index (Phi) is 6.67. The van der Waals surface area contributed by atoms with E-state index in [9.17, 15) is 0 Å². The number of rotatable bonds is 7. The third kappa shape index (κ3) is 4.93. The van der Waals surface area contributed by atoms with Crippen molar-refractivity contribution in [2.75, 3.05) is 58.7 Å². The maximum absolute atomic E-state index is 6.17. The number of anilines is 1. The average molecular weight is 444 g/mol. The van der Waals surface area contributed by atoms with Gasteiger partial charge in [-0.1, -0.05) is 42.5 Å². The second-order valence-corrected chi connectivity index (χ2v) is 9.04. The van der Waals surface area contributed by atoms with E-state index in [1.807, 2.05) is 0 Å². The number of aromatic nitrogens is 2. The monoisotopic (exact) mass is 443 g/mol. The van der Waals surface area contributed by atoms with Crippen LogP contribution < -0.4 is 5.73 Å². The molecule has 33 heavy (non-hydrogen) atoms. The predicted octanol–water partition coefficient (Wildman–Crippen LogP) is 3.30. The highest BCUT2D eigenvalue weighted by Gasteiger charge is 2.23. The Hall–Kier alpha value is -2.80. The molecule has 0 atom stereocenters. The number of ether oxygens (including phenoxy) is 1. The smallest absolute Gasteiger partial charge is 0.221 e. The fourth-order valence-electron chi connectivity index (χ4n) is 5.05. The first-order chi connectivity index (χ1) is 16.2. The van der Waals surface area contributed by atoms with Gasteiger partial charge < -0.3 is 15.4 Å². The van der Waals surface area contributed by atoms with Crippen LogP contribution in [-0.4, -0.2) is 72.8 Å². The van der Waals surface area contributed by atoms with Crippen molar-refractivity contribution < 1.29 is 4.74 Å². The first kappa shape index (κ1) is 22.0. The summed E-state index contributed by atoms with van der Waals surface area (Å²) in [5.74, 6) is 0.345. The van der Waals surface area contributed by atoms with Gasteiger partial charge in [-0.05, 0) is 36.5 Å². The molecule has 1 aliphatic heterocycles. The topological polar surface area (TPSA) is 67.5 Å². The number of nitrogens with two attached hydrogens (primary N) is 1. The van der Waals surface area contributed by atoms with E-state index in [2.05, 4.69) is 63.3 Å². The minimum absolute atomic E-state index is 0.345. The van der Waals surface area contributed by atoms with Crippen LogP contribution in [0.15, 0.2) is 48.5 Å². The van der Waals surface area contributed by atoms with Gasteiger partial charge in [-0.25, -0.2) is 9.97 Å². The summed E-state index contributed by atoms with van der Waals surface area (Å²) in [7, 11) is 1.77. The first-order valence-corrected chi connectivity index (χ1v) is 12.0. The molecule has 6 nitrogen and oxygen atoms in total. The molecule has 0 bridgehead atoms. The van der Waals surface area contributed by atoms with Gasteiger partial charge in [0.2, 0.25) is 5.95 Å². The SMILES string of the molecule is COCCN1CCN(CCc2cccc(-c3nc(N)nc4c3CCc3ccccc3-4)c2)CC1. The molecule has 2 heterocycles. The van der Waals surface area contributed by atoms with Crippen molar-refractivity contribution in [1.82, 2.24) is 19.8 Å². The summed E-state index contributed by atoms with van der Waals surface area (Å²) in [6, 6.07) is 17.3. The van der Waals surface area contributed by atoms with Crippen molar-refractivity contribution in [2.45, 2.75) is 19.3 Å². The van der Waals surface area contributed by atoms with Crippen molar-refractivity contribution in [2.24, 2.45) is 0 Å². The van der Waals surface area contributed by atoms with Crippen molar-refractivity contribution in [1.29, 1.82) is 0 Å². The molecule has 2 aromatic carbocycles. The average Bonchev–Trinajstić information content (AvgIpc) is 2.86. The van der Waals surface area contributed by atoms with E-state index in [4.69, 9.17) is 15.5 Å². The summed E-state index contributed by atoms with van der Waals surface area (Å²) < 4.78 is 5.21. The van der Waals surface area contributed by atoms with Crippen molar-refractivity contribution in [3.63, 3.8) is 0 Å². The number of methoxy groups -OCH3 is 1. The minimum atomic E-state index is 0.345. The third-order valence-corrected chi connectivity index (χ3v) is 6.93. The molecular formula is C27H33N5O. The van der Waals surface area contributed by atoms with Crippen LogP contribution in [0, 0.1) is 0 Å². The molecule has 172 valence electrons. The maximum Gasteiger partial charge on any atom is 0.221 e. The lowest BCUT2D eigenvalue weighted by Gasteiger charge is -2.34. The van der Waals surface area contributed by atoms with Gasteiger partial charge in [-0.2, -0.15) is 0 Å². The number of nitrogens with zero attached hydrogens (tertiary/aromatic N) is 4. The van der Waals surface area contributed by atoms with Crippen LogP contribution in [0.4, 0.5) is 5.95 Å². The van der Waals surface area contributed by atoms with Gasteiger partial charge in [-0.3, -0.25) is 4.90 Å². The van der Waals surface area contributed by atoms with Gasteiger partial charge in [-0.15, -0.1) is 0 Å². The molecule has 2 N–H and O–H groups in total. The van der Waals surface area contributed by atoms with Crippen molar-refractivity contribution in [3.8, 4) is 22.5 Å². The summed E-state index contributed by atoms with van der Waals surface area (Å²) >= 11 is 0. The normalized spacial score (nSPS) is 16.4. The fourth-order valence-corrected chi connectivity index (χ4v) is 5.05. The lowest BCUT2D eigenvalue weighted by molar-refractivity contribution is 0.0976. The lowest BCUT2D eigenvalue weighted by atomic mass is 9.87. The second-order valence-electron chi connectivity index (χ2n) is 9.04. The zero-order valence-electron chi connectivity index (χ0n) is 19.5. The van der Waals surface area contributed by atoms with Gasteiger partial charge in [0.25, 0.3) is 0 Å². The highest BCUT2D eigenvalue weighted by Crippen LogP contribution is 2.37. The van der Waals surface area contributed by atoms with Gasteiger partial charge >= 0.3 is 0 Å². The van der Waals surface area contributed by atoms with E-state index < -0.39 is 0 Å². The van der Waals surface area contributed by atoms with E-state index in [1.54, 1.807) is 7.11 Å². The summed E-state index contributed by atoms with van der Waals surface area (Å²) in [6.45, 7) is 7.42. The zero-order chi connectivity index (χ0) is 22.6. The van der Waals surface area contributed by atoms with Crippen LogP contribution in [0.1, 0.15) is 16.7 Å². The van der Waals surface area contributed by atoms with E-state index in [-0.39, 0.29) is 0 Å². The van der Waals surface area contributed by atoms with Crippen LogP contribution in [0.2, 0.25) is 0 Å². The van der Waals surface area contributed by atoms with Gasteiger partial charge in [0.15, 0.2) is 0 Å². The number of aryl methyl sites for hydroxylation is 1. The second kappa shape index (κ2) is 10.00. The van der Waals surface area contributed by atoms with E-state index in [0.29, 0.717) is 5.95 Å². The third-order valence-electron chi connectivity index (χ3n) is 6.93. The molecular weight excluding hydrogens is 410 g/mol. The van der Waals surface area contributed by atoms with Crippen LogP contribution in [0.25, 0.3) is 22.5 Å². The highest BCUT2D eigenvalue weighted by molar-refractivity contribution is 5.78. The summed E-state index contributed by atoms with van der Waals surface area (Å²) in [5.41, 5.74) is 14.4. The Balaban J connectivity index is 1.31. The number of hydrogen-bond donors (Lipinski definition) is 1. The van der Waals surface area contributed by atoms with E-state index in [1.165, 1.54) is 22.3 Å². The molecule has 0 saturated carbocycles. The minimum Gasteiger partial charge on any atom is -0.383 e. The first-order valence-electron chi connectivity index (χ1n) is 12.0. The standard InChI is InChI=1S/C27H33N5O/c1-33-18-17-32-15-13-31(14-16-32)12-11-20-5-4-7-22(19-20)25-24-10-9-21-6-2-3-8-23(21)26(24)30-27(28)29-25/h2-8,19H,9-18H2,1H3,(H2,28,29,30). The largest absolute Gasteiger partial charge is 0.383 e. The zero-order valence-corrected chi connectivity index (χ0v) is 19.5. The quantitative estimate of drug-likeness (QED) is 0.604. The molecule has 5 rings (SSSR count). The number of nitrogen functional groups attached to an aromatic ring is 1. The Bertz CT molecular complexity index is 1110. The number of fused-ring (bicyclic) bond motifs is 3. The van der Waals surface area contributed by atoms with Crippen LogP contribution in [-0.2, 0) is 24.0 Å². The number of benzene rings is 2. The molecule has 0 radical (unpaired) electrons. The Morgan fingerprint density at radius 3 is 2.45 bits per heavy atom. The van der Waals surface area contributed by atoms with Gasteiger partial charge in [0.1, 0.15) is 0 Å². The molecule has 3 aromatic rings. The summed E-state index contributed by atoms with van der Waals surface area (Å²) in [4.78, 5) is 14.4. The molecule has 1 aliphatic carbocycles. The molecule has 0 amide bonds. The molecule has 0 unspecified atom stereocenters. The lowest BCUT2D eigenvalue weighted by Crippen LogP contribution is -2.47. The van der Waals surface area contributed by atoms with E-state index >= 15 is 0 Å². The molecule has 1 aromatic heterocycles. The summed E-state index contributed by atoms with van der Waals surface area (Å²) in [5, 5.41) is 0. The summed E-state index contributed by atoms with van der Waals surface area (Å²) in [6.07, 6.45) is 3.00. The molecule has 1 saturated heterocycles. The maximum atomic E-state index is 6.17. The van der Waals surface area contributed by atoms with E-state index in [0.717, 1.165) is 82.1 Å². The predicted molar refractivity (Wildman–Crippen MR) is 133 cm³/mol. The van der Waals surface area contributed by atoms with Crippen molar-refractivity contribution in [3.05, 3.63) is 65.2 Å². The number of hydrogen-bond acceptors (Lipinski definition) is 6. The highest BCUT2D eigenvalue weighted by atomic mass is 16.5. The Morgan fingerprint density at radius 1 is 0.879 bits per heavy atom.